The lowest BCUT2D eigenvalue weighted by Gasteiger charge is -2.46. The van der Waals surface area contributed by atoms with E-state index in [1.807, 2.05) is 6.07 Å². The molecule has 28 heavy (non-hydrogen) atoms. The molecule has 2 fully saturated rings. The van der Waals surface area contributed by atoms with E-state index in [9.17, 15) is 9.59 Å². The van der Waals surface area contributed by atoms with Gasteiger partial charge < -0.3 is 15.0 Å². The molecule has 1 aromatic rings. The highest BCUT2D eigenvalue weighted by Gasteiger charge is 2.44. The zero-order chi connectivity index (χ0) is 20.1. The van der Waals surface area contributed by atoms with Crippen molar-refractivity contribution in [2.24, 2.45) is 0 Å². The number of hydrogen-bond acceptors (Lipinski definition) is 4. The molecule has 0 aromatic heterocycles. The summed E-state index contributed by atoms with van der Waals surface area (Å²) in [5.74, 6) is 0.444. The van der Waals surface area contributed by atoms with E-state index in [2.05, 4.69) is 10.2 Å². The van der Waals surface area contributed by atoms with Gasteiger partial charge in [-0.2, -0.15) is 0 Å². The first-order valence-electron chi connectivity index (χ1n) is 10.4. The molecule has 1 heterocycles. The van der Waals surface area contributed by atoms with Crippen LogP contribution in [0, 0.1) is 0 Å². The number of hydrogen-bond donors (Lipinski definition) is 1. The van der Waals surface area contributed by atoms with Crippen LogP contribution in [0.4, 0.5) is 5.69 Å². The van der Waals surface area contributed by atoms with E-state index in [0.29, 0.717) is 17.0 Å². The Kier molecular flexibility index (Phi) is 6.60. The van der Waals surface area contributed by atoms with Gasteiger partial charge in [-0.1, -0.05) is 25.7 Å². The monoisotopic (exact) mass is 387 g/mol. The van der Waals surface area contributed by atoms with E-state index in [1.165, 1.54) is 30.6 Å². The van der Waals surface area contributed by atoms with Crippen molar-refractivity contribution in [3.05, 3.63) is 23.8 Å². The van der Waals surface area contributed by atoms with Crippen molar-refractivity contribution < 1.29 is 14.3 Å². The highest BCUT2D eigenvalue weighted by atomic mass is 16.5. The molecule has 1 saturated carbocycles. The van der Waals surface area contributed by atoms with Crippen LogP contribution in [0.15, 0.2) is 18.2 Å². The number of nitrogens with zero attached hydrogens (tertiary/aromatic N) is 2. The van der Waals surface area contributed by atoms with Gasteiger partial charge in [0.2, 0.25) is 5.91 Å². The van der Waals surface area contributed by atoms with Crippen LogP contribution in [-0.2, 0) is 4.79 Å². The highest BCUT2D eigenvalue weighted by molar-refractivity contribution is 6.01. The minimum absolute atomic E-state index is 0.0718. The van der Waals surface area contributed by atoms with Crippen molar-refractivity contribution in [3.63, 3.8) is 0 Å². The van der Waals surface area contributed by atoms with Gasteiger partial charge in [0.1, 0.15) is 11.3 Å². The number of piperidine rings is 1. The van der Waals surface area contributed by atoms with Gasteiger partial charge in [0.15, 0.2) is 0 Å². The van der Waals surface area contributed by atoms with Gasteiger partial charge in [0.05, 0.1) is 12.7 Å². The second kappa shape index (κ2) is 8.95. The first kappa shape index (κ1) is 20.6. The van der Waals surface area contributed by atoms with E-state index in [1.54, 1.807) is 33.3 Å². The quantitative estimate of drug-likeness (QED) is 0.840. The lowest BCUT2D eigenvalue weighted by Crippen LogP contribution is -2.59. The number of amides is 2. The van der Waals surface area contributed by atoms with Crippen LogP contribution in [0.1, 0.15) is 61.7 Å². The Bertz CT molecular complexity index is 705. The molecule has 1 saturated heterocycles. The maximum Gasteiger partial charge on any atom is 0.257 e. The Labute approximate surface area is 168 Å². The molecule has 1 N–H and O–H groups in total. The zero-order valence-electron chi connectivity index (χ0n) is 17.4. The maximum atomic E-state index is 13.5. The molecule has 0 spiro atoms. The van der Waals surface area contributed by atoms with Gasteiger partial charge in [-0.25, -0.2) is 0 Å². The van der Waals surface area contributed by atoms with Crippen LogP contribution in [0.3, 0.4) is 0 Å². The average Bonchev–Trinajstić information content (AvgIpc) is 2.74. The first-order chi connectivity index (χ1) is 13.5. The molecular formula is C22H33N3O3. The standard InChI is InChI=1S/C22H33N3O3/c1-24(2)20(26)18-16-17(10-11-19(18)28-3)23-21(27)22(12-6-4-7-13-22)25-14-8-5-9-15-25/h10-11,16H,4-9,12-15H2,1-3H3,(H,23,27). The Morgan fingerprint density at radius 1 is 1.04 bits per heavy atom. The first-order valence-corrected chi connectivity index (χ1v) is 10.4. The number of nitrogens with one attached hydrogen (secondary N) is 1. The van der Waals surface area contributed by atoms with Crippen LogP contribution in [0.5, 0.6) is 5.75 Å². The van der Waals surface area contributed by atoms with E-state index < -0.39 is 5.54 Å². The fraction of sp³-hybridized carbons (Fsp3) is 0.636. The molecule has 0 atom stereocenters. The summed E-state index contributed by atoms with van der Waals surface area (Å²) in [6.45, 7) is 2.00. The third-order valence-electron chi connectivity index (χ3n) is 6.16. The van der Waals surface area contributed by atoms with Gasteiger partial charge in [-0.05, 0) is 57.0 Å². The topological polar surface area (TPSA) is 61.9 Å². The second-order valence-electron chi connectivity index (χ2n) is 8.21. The summed E-state index contributed by atoms with van der Waals surface area (Å²) in [6.07, 6.45) is 8.80. The van der Waals surface area contributed by atoms with Gasteiger partial charge in [-0.3, -0.25) is 14.5 Å². The van der Waals surface area contributed by atoms with Crippen molar-refractivity contribution in [1.82, 2.24) is 9.80 Å². The van der Waals surface area contributed by atoms with Crippen LogP contribution >= 0.6 is 0 Å². The van der Waals surface area contributed by atoms with Gasteiger partial charge in [0.25, 0.3) is 5.91 Å². The second-order valence-corrected chi connectivity index (χ2v) is 8.21. The zero-order valence-corrected chi connectivity index (χ0v) is 17.4. The largest absolute Gasteiger partial charge is 0.496 e. The summed E-state index contributed by atoms with van der Waals surface area (Å²) in [5, 5.41) is 3.13. The van der Waals surface area contributed by atoms with E-state index in [0.717, 1.165) is 38.8 Å². The molecule has 1 aliphatic carbocycles. The van der Waals surface area contributed by atoms with E-state index >= 15 is 0 Å². The van der Waals surface area contributed by atoms with Crippen LogP contribution in [-0.4, -0.2) is 61.4 Å². The molecule has 0 radical (unpaired) electrons. The molecule has 0 unspecified atom stereocenters. The summed E-state index contributed by atoms with van der Waals surface area (Å²) in [4.78, 5) is 29.9. The molecule has 1 aromatic carbocycles. The number of methoxy groups -OCH3 is 1. The SMILES string of the molecule is COc1ccc(NC(=O)C2(N3CCCCC3)CCCCC2)cc1C(=O)N(C)C. The van der Waals surface area contributed by atoms with Crippen molar-refractivity contribution in [2.45, 2.75) is 56.9 Å². The predicted octanol–water partition coefficient (Wildman–Crippen LogP) is 3.52. The van der Waals surface area contributed by atoms with Crippen molar-refractivity contribution in [2.75, 3.05) is 39.6 Å². The predicted molar refractivity (Wildman–Crippen MR) is 111 cm³/mol. The van der Waals surface area contributed by atoms with Crippen LogP contribution in [0.25, 0.3) is 0 Å². The smallest absolute Gasteiger partial charge is 0.257 e. The van der Waals surface area contributed by atoms with E-state index in [4.69, 9.17) is 4.74 Å². The Hall–Kier alpha value is -2.08. The minimum Gasteiger partial charge on any atom is -0.496 e. The number of rotatable bonds is 5. The van der Waals surface area contributed by atoms with Crippen molar-refractivity contribution >= 4 is 17.5 Å². The summed E-state index contributed by atoms with van der Waals surface area (Å²) in [6, 6.07) is 5.29. The molecule has 154 valence electrons. The van der Waals surface area contributed by atoms with Gasteiger partial charge in [0, 0.05) is 19.8 Å². The van der Waals surface area contributed by atoms with Crippen molar-refractivity contribution in [1.29, 1.82) is 0 Å². The Morgan fingerprint density at radius 3 is 2.29 bits per heavy atom. The van der Waals surface area contributed by atoms with Gasteiger partial charge in [-0.15, -0.1) is 0 Å². The Balaban J connectivity index is 1.85. The number of carbonyl (C=O) groups excluding carboxylic acids is 2. The number of benzene rings is 1. The summed E-state index contributed by atoms with van der Waals surface area (Å²) in [7, 11) is 4.97. The van der Waals surface area contributed by atoms with Gasteiger partial charge >= 0.3 is 0 Å². The fourth-order valence-corrected chi connectivity index (χ4v) is 4.59. The molecule has 0 bridgehead atoms. The van der Waals surface area contributed by atoms with Crippen molar-refractivity contribution in [3.8, 4) is 5.75 Å². The summed E-state index contributed by atoms with van der Waals surface area (Å²) in [5.41, 5.74) is 0.698. The normalized spacial score (nSPS) is 19.7. The fourth-order valence-electron chi connectivity index (χ4n) is 4.59. The lowest BCUT2D eigenvalue weighted by atomic mass is 9.78. The minimum atomic E-state index is -0.412. The molecule has 3 rings (SSSR count). The van der Waals surface area contributed by atoms with Crippen LogP contribution < -0.4 is 10.1 Å². The van der Waals surface area contributed by atoms with E-state index in [-0.39, 0.29) is 11.8 Å². The highest BCUT2D eigenvalue weighted by Crippen LogP contribution is 2.37. The third-order valence-corrected chi connectivity index (χ3v) is 6.16. The van der Waals surface area contributed by atoms with Crippen LogP contribution in [0.2, 0.25) is 0 Å². The molecule has 1 aliphatic heterocycles. The number of anilines is 1. The number of likely N-dealkylation sites (tertiary alicyclic amines) is 1. The molecular weight excluding hydrogens is 354 g/mol. The molecule has 6 heteroatoms. The third kappa shape index (κ3) is 4.17. The Morgan fingerprint density at radius 2 is 1.68 bits per heavy atom. The number of carbonyl (C=O) groups is 2. The lowest BCUT2D eigenvalue weighted by molar-refractivity contribution is -0.131. The average molecular weight is 388 g/mol. The summed E-state index contributed by atoms with van der Waals surface area (Å²) < 4.78 is 5.34. The molecule has 2 aliphatic rings. The molecule has 2 amide bonds. The molecule has 6 nitrogen and oxygen atoms in total. The summed E-state index contributed by atoms with van der Waals surface area (Å²) >= 11 is 0. The number of ether oxygens (including phenoxy) is 1. The maximum absolute atomic E-state index is 13.5.